The summed E-state index contributed by atoms with van der Waals surface area (Å²) < 4.78 is 3.61. The number of benzene rings is 1. The van der Waals surface area contributed by atoms with Crippen LogP contribution < -0.4 is 10.3 Å². The van der Waals surface area contributed by atoms with Crippen molar-refractivity contribution in [3.05, 3.63) is 40.9 Å². The van der Waals surface area contributed by atoms with E-state index in [1.165, 1.54) is 0 Å². The van der Waals surface area contributed by atoms with E-state index in [1.54, 1.807) is 11.6 Å². The summed E-state index contributed by atoms with van der Waals surface area (Å²) in [5.41, 5.74) is 4.67. The molecule has 1 N–H and O–H groups in total. The summed E-state index contributed by atoms with van der Waals surface area (Å²) in [5.74, 6) is -0.366. The summed E-state index contributed by atoms with van der Waals surface area (Å²) in [6.45, 7) is 0. The average molecular weight is 275 g/mol. The molecule has 0 aliphatic heterocycles. The summed E-state index contributed by atoms with van der Waals surface area (Å²) in [6.07, 6.45) is 1.58. The molecular weight excluding hydrogens is 262 g/mol. The molecule has 1 aromatic heterocycles. The number of carbonyl (C=O) groups excluding carboxylic acids is 1. The molecule has 1 aromatic carbocycles. The number of carbonyl (C=O) groups is 1. The molecule has 6 nitrogen and oxygen atoms in total. The fourth-order valence-corrected chi connectivity index (χ4v) is 1.78. The van der Waals surface area contributed by atoms with E-state index >= 15 is 0 Å². The van der Waals surface area contributed by atoms with Gasteiger partial charge in [0, 0.05) is 25.2 Å². The lowest BCUT2D eigenvalue weighted by Gasteiger charge is -2.11. The lowest BCUT2D eigenvalue weighted by Crippen LogP contribution is -2.18. The Kier molecular flexibility index (Phi) is 4.19. The van der Waals surface area contributed by atoms with E-state index in [9.17, 15) is 4.79 Å². The van der Waals surface area contributed by atoms with Gasteiger partial charge in [-0.2, -0.15) is 5.10 Å². The number of hydrazone groups is 1. The highest BCUT2D eigenvalue weighted by Gasteiger charge is 2.06. The summed E-state index contributed by atoms with van der Waals surface area (Å²) in [5, 5.41) is 9.09. The second-order valence-electron chi connectivity index (χ2n) is 3.98. The third kappa shape index (κ3) is 3.59. The van der Waals surface area contributed by atoms with Crippen molar-refractivity contribution in [1.82, 2.24) is 15.0 Å². The van der Waals surface area contributed by atoms with Crippen molar-refractivity contribution >= 4 is 29.3 Å². The number of aromatic nitrogens is 2. The van der Waals surface area contributed by atoms with Crippen molar-refractivity contribution in [1.29, 1.82) is 0 Å². The molecule has 0 spiro atoms. The molecule has 2 rings (SSSR count). The zero-order valence-corrected chi connectivity index (χ0v) is 11.4. The van der Waals surface area contributed by atoms with Crippen LogP contribution >= 0.6 is 11.5 Å². The molecule has 1 amide bonds. The van der Waals surface area contributed by atoms with Gasteiger partial charge in [-0.25, -0.2) is 5.43 Å². The van der Waals surface area contributed by atoms with Crippen molar-refractivity contribution in [3.63, 3.8) is 0 Å². The first-order chi connectivity index (χ1) is 9.16. The first-order valence-corrected chi connectivity index (χ1v) is 6.38. The summed E-state index contributed by atoms with van der Waals surface area (Å²) >= 11 is 1.12. The molecule has 0 aliphatic rings. The monoisotopic (exact) mass is 275 g/mol. The number of nitrogens with one attached hydrogen (secondary N) is 1. The Morgan fingerprint density at radius 2 is 2.11 bits per heavy atom. The maximum atomic E-state index is 11.5. The van der Waals surface area contributed by atoms with Gasteiger partial charge in [-0.05, 0) is 29.2 Å². The molecule has 0 saturated heterocycles. The van der Waals surface area contributed by atoms with Gasteiger partial charge in [0.25, 0.3) is 5.91 Å². The minimum absolute atomic E-state index is 0.269. The normalized spacial score (nSPS) is 10.6. The van der Waals surface area contributed by atoms with Gasteiger partial charge < -0.3 is 4.90 Å². The predicted molar refractivity (Wildman–Crippen MR) is 75.7 cm³/mol. The fourth-order valence-electron chi connectivity index (χ4n) is 1.34. The number of nitrogens with zero attached hydrogens (tertiary/aromatic N) is 4. The SMILES string of the molecule is CN(C)c1ccc(/C=N\NC(=O)c2csnn2)cc1. The van der Waals surface area contributed by atoms with Gasteiger partial charge in [-0.15, -0.1) is 5.10 Å². The van der Waals surface area contributed by atoms with E-state index in [0.717, 1.165) is 22.8 Å². The van der Waals surface area contributed by atoms with E-state index in [1.807, 2.05) is 43.3 Å². The average Bonchev–Trinajstić information content (AvgIpc) is 2.93. The highest BCUT2D eigenvalue weighted by molar-refractivity contribution is 7.03. The number of hydrogen-bond donors (Lipinski definition) is 1. The molecule has 0 aliphatic carbocycles. The highest BCUT2D eigenvalue weighted by Crippen LogP contribution is 2.10. The van der Waals surface area contributed by atoms with Gasteiger partial charge >= 0.3 is 0 Å². The highest BCUT2D eigenvalue weighted by atomic mass is 32.1. The topological polar surface area (TPSA) is 70.5 Å². The zero-order valence-electron chi connectivity index (χ0n) is 10.6. The Hall–Kier alpha value is -2.28. The Balaban J connectivity index is 1.94. The van der Waals surface area contributed by atoms with Gasteiger partial charge in [0.2, 0.25) is 0 Å². The van der Waals surface area contributed by atoms with Crippen molar-refractivity contribution in [2.75, 3.05) is 19.0 Å². The van der Waals surface area contributed by atoms with Crippen LogP contribution in [0.2, 0.25) is 0 Å². The van der Waals surface area contributed by atoms with Gasteiger partial charge in [-0.3, -0.25) is 4.79 Å². The van der Waals surface area contributed by atoms with E-state index in [0.29, 0.717) is 0 Å². The predicted octanol–water partition coefficient (Wildman–Crippen LogP) is 1.37. The first-order valence-electron chi connectivity index (χ1n) is 5.54. The largest absolute Gasteiger partial charge is 0.378 e. The van der Waals surface area contributed by atoms with Crippen molar-refractivity contribution in [2.45, 2.75) is 0 Å². The molecule has 0 unspecified atom stereocenters. The Labute approximate surface area is 114 Å². The standard InChI is InChI=1S/C12H13N5OS/c1-17(2)10-5-3-9(4-6-10)7-13-15-12(18)11-8-19-16-14-11/h3-8H,1-2H3,(H,15,18)/b13-7-. The van der Waals surface area contributed by atoms with Crippen LogP contribution in [0.4, 0.5) is 5.69 Å². The third-order valence-corrected chi connectivity index (χ3v) is 2.89. The van der Waals surface area contributed by atoms with Crippen molar-refractivity contribution in [2.24, 2.45) is 5.10 Å². The van der Waals surface area contributed by atoms with Crippen LogP contribution in [0.3, 0.4) is 0 Å². The summed E-state index contributed by atoms with van der Waals surface area (Å²) in [6, 6.07) is 7.81. The minimum Gasteiger partial charge on any atom is -0.378 e. The van der Waals surface area contributed by atoms with E-state index in [4.69, 9.17) is 0 Å². The fraction of sp³-hybridized carbons (Fsp3) is 0.167. The van der Waals surface area contributed by atoms with E-state index in [-0.39, 0.29) is 11.6 Å². The Bertz CT molecular complexity index is 562. The van der Waals surface area contributed by atoms with Gasteiger partial charge in [-0.1, -0.05) is 16.6 Å². The molecule has 0 fully saturated rings. The molecule has 0 atom stereocenters. The lowest BCUT2D eigenvalue weighted by molar-refractivity contribution is 0.0950. The zero-order chi connectivity index (χ0) is 13.7. The van der Waals surface area contributed by atoms with Crippen molar-refractivity contribution < 1.29 is 4.79 Å². The van der Waals surface area contributed by atoms with Crippen LogP contribution in [0, 0.1) is 0 Å². The molecule has 0 bridgehead atoms. The maximum absolute atomic E-state index is 11.5. The number of hydrogen-bond acceptors (Lipinski definition) is 6. The first kappa shape index (κ1) is 13.2. The molecule has 98 valence electrons. The van der Waals surface area contributed by atoms with Crippen molar-refractivity contribution in [3.8, 4) is 0 Å². The van der Waals surface area contributed by atoms with Crippen LogP contribution in [-0.2, 0) is 0 Å². The van der Waals surface area contributed by atoms with Gasteiger partial charge in [0.05, 0.1) is 6.21 Å². The summed E-state index contributed by atoms with van der Waals surface area (Å²) in [7, 11) is 3.95. The molecule has 0 saturated carbocycles. The van der Waals surface area contributed by atoms with E-state index in [2.05, 4.69) is 20.1 Å². The van der Waals surface area contributed by atoms with Gasteiger partial charge in [0.15, 0.2) is 5.69 Å². The molecule has 1 heterocycles. The number of rotatable bonds is 4. The summed E-state index contributed by atoms with van der Waals surface area (Å²) in [4.78, 5) is 13.5. The molecule has 0 radical (unpaired) electrons. The lowest BCUT2D eigenvalue weighted by atomic mass is 10.2. The number of amides is 1. The second kappa shape index (κ2) is 6.05. The van der Waals surface area contributed by atoms with Crippen LogP contribution in [0.15, 0.2) is 34.7 Å². The quantitative estimate of drug-likeness (QED) is 0.676. The second-order valence-corrected chi connectivity index (χ2v) is 4.59. The van der Waals surface area contributed by atoms with Crippen LogP contribution in [-0.4, -0.2) is 35.8 Å². The molecule has 2 aromatic rings. The van der Waals surface area contributed by atoms with Gasteiger partial charge in [0.1, 0.15) is 0 Å². The van der Waals surface area contributed by atoms with Crippen LogP contribution in [0.5, 0.6) is 0 Å². The minimum atomic E-state index is -0.366. The molecule has 7 heteroatoms. The molecule has 19 heavy (non-hydrogen) atoms. The Morgan fingerprint density at radius 3 is 2.68 bits per heavy atom. The van der Waals surface area contributed by atoms with E-state index < -0.39 is 0 Å². The smallest absolute Gasteiger partial charge is 0.292 e. The number of anilines is 1. The van der Waals surface area contributed by atoms with Crippen LogP contribution in [0.25, 0.3) is 0 Å². The third-order valence-electron chi connectivity index (χ3n) is 2.38. The maximum Gasteiger partial charge on any atom is 0.292 e. The van der Waals surface area contributed by atoms with Crippen LogP contribution in [0.1, 0.15) is 16.1 Å². The molecular formula is C12H13N5OS. The Morgan fingerprint density at radius 1 is 1.37 bits per heavy atom.